The van der Waals surface area contributed by atoms with E-state index in [1.807, 2.05) is 19.1 Å². The van der Waals surface area contributed by atoms with Crippen molar-refractivity contribution in [2.45, 2.75) is 6.92 Å². The van der Waals surface area contributed by atoms with E-state index in [1.165, 1.54) is 0 Å². The van der Waals surface area contributed by atoms with Gasteiger partial charge in [-0.1, -0.05) is 6.07 Å². The predicted octanol–water partition coefficient (Wildman–Crippen LogP) is 2.45. The maximum absolute atomic E-state index is 12.5. The van der Waals surface area contributed by atoms with Gasteiger partial charge in [0.15, 0.2) is 5.13 Å². The molecule has 1 aromatic carbocycles. The minimum atomic E-state index is -0.530. The highest BCUT2D eigenvalue weighted by Crippen LogP contribution is 2.27. The topological polar surface area (TPSA) is 97.6 Å². The van der Waals surface area contributed by atoms with Gasteiger partial charge < -0.3 is 9.64 Å². The van der Waals surface area contributed by atoms with Crippen molar-refractivity contribution in [1.29, 1.82) is 0 Å². The molecule has 1 N–H and O–H groups in total. The Hall–Kier alpha value is -2.52. The molecular weight excluding hydrogens is 332 g/mol. The van der Waals surface area contributed by atoms with Crippen molar-refractivity contribution in [2.24, 2.45) is 0 Å². The van der Waals surface area contributed by atoms with E-state index in [2.05, 4.69) is 15.2 Å². The van der Waals surface area contributed by atoms with Crippen LogP contribution in [0.1, 0.15) is 15.9 Å². The summed E-state index contributed by atoms with van der Waals surface area (Å²) in [6, 6.07) is 5.54. The predicted molar refractivity (Wildman–Crippen MR) is 90.9 cm³/mol. The molecule has 0 bridgehead atoms. The molecule has 1 fully saturated rings. The Morgan fingerprint density at radius 1 is 1.42 bits per heavy atom. The van der Waals surface area contributed by atoms with E-state index in [-0.39, 0.29) is 16.0 Å². The maximum Gasteiger partial charge on any atom is 0.345 e. The largest absolute Gasteiger partial charge is 0.378 e. The van der Waals surface area contributed by atoms with Crippen molar-refractivity contribution in [3.8, 4) is 0 Å². The Morgan fingerprint density at radius 3 is 2.83 bits per heavy atom. The first-order valence-corrected chi connectivity index (χ1v) is 8.22. The third kappa shape index (κ3) is 3.36. The summed E-state index contributed by atoms with van der Waals surface area (Å²) in [4.78, 5) is 28.7. The number of hydrogen-bond acceptors (Lipinski definition) is 7. The fraction of sp³-hybridized carbons (Fsp3) is 0.333. The number of morpholine rings is 1. The van der Waals surface area contributed by atoms with Gasteiger partial charge in [-0.15, -0.1) is 0 Å². The molecule has 0 aliphatic carbocycles. The third-order valence-electron chi connectivity index (χ3n) is 3.80. The van der Waals surface area contributed by atoms with E-state index in [0.29, 0.717) is 18.8 Å². The SMILES string of the molecule is Cc1c(C(=O)Nc2ncc([N+](=O)[O-])s2)cccc1N1CCOCC1. The molecule has 0 atom stereocenters. The number of ether oxygens (including phenoxy) is 1. The van der Waals surface area contributed by atoms with E-state index in [9.17, 15) is 14.9 Å². The molecule has 9 heteroatoms. The van der Waals surface area contributed by atoms with Crippen molar-refractivity contribution < 1.29 is 14.5 Å². The molecule has 1 aromatic heterocycles. The molecule has 1 aliphatic rings. The molecule has 2 aromatic rings. The van der Waals surface area contributed by atoms with Gasteiger partial charge in [0, 0.05) is 24.3 Å². The van der Waals surface area contributed by atoms with Gasteiger partial charge in [0.05, 0.1) is 18.1 Å². The first-order chi connectivity index (χ1) is 11.6. The number of carbonyl (C=O) groups excluding carboxylic acids is 1. The van der Waals surface area contributed by atoms with Crippen molar-refractivity contribution in [2.75, 3.05) is 36.5 Å². The van der Waals surface area contributed by atoms with Gasteiger partial charge in [0.1, 0.15) is 6.20 Å². The lowest BCUT2D eigenvalue weighted by molar-refractivity contribution is -0.380. The molecular formula is C15H16N4O4S. The zero-order chi connectivity index (χ0) is 17.1. The Balaban J connectivity index is 1.80. The molecule has 3 rings (SSSR count). The number of thiazole rings is 1. The summed E-state index contributed by atoms with van der Waals surface area (Å²) in [5.41, 5.74) is 2.39. The minimum Gasteiger partial charge on any atom is -0.378 e. The van der Waals surface area contributed by atoms with E-state index in [0.717, 1.165) is 41.9 Å². The fourth-order valence-corrected chi connectivity index (χ4v) is 3.22. The molecule has 1 amide bonds. The summed E-state index contributed by atoms with van der Waals surface area (Å²) < 4.78 is 5.36. The fourth-order valence-electron chi connectivity index (χ4n) is 2.59. The lowest BCUT2D eigenvalue weighted by Gasteiger charge is -2.30. The number of rotatable bonds is 4. The second-order valence-corrected chi connectivity index (χ2v) is 6.27. The van der Waals surface area contributed by atoms with Crippen LogP contribution in [-0.2, 0) is 4.74 Å². The summed E-state index contributed by atoms with van der Waals surface area (Å²) in [6.07, 6.45) is 1.14. The van der Waals surface area contributed by atoms with Gasteiger partial charge in [-0.25, -0.2) is 4.98 Å². The Labute approximate surface area is 142 Å². The van der Waals surface area contributed by atoms with E-state index < -0.39 is 4.92 Å². The quantitative estimate of drug-likeness (QED) is 0.673. The molecule has 0 spiro atoms. The Bertz CT molecular complexity index is 771. The lowest BCUT2D eigenvalue weighted by atomic mass is 10.0. The summed E-state index contributed by atoms with van der Waals surface area (Å²) in [7, 11) is 0. The smallest absolute Gasteiger partial charge is 0.345 e. The van der Waals surface area contributed by atoms with Gasteiger partial charge in [-0.2, -0.15) is 0 Å². The zero-order valence-corrected chi connectivity index (χ0v) is 13.8. The van der Waals surface area contributed by atoms with Crippen LogP contribution in [0.5, 0.6) is 0 Å². The van der Waals surface area contributed by atoms with E-state index in [1.54, 1.807) is 6.07 Å². The van der Waals surface area contributed by atoms with Crippen LogP contribution in [0, 0.1) is 17.0 Å². The van der Waals surface area contributed by atoms with Crippen molar-refractivity contribution in [3.63, 3.8) is 0 Å². The van der Waals surface area contributed by atoms with Gasteiger partial charge >= 0.3 is 5.00 Å². The van der Waals surface area contributed by atoms with Crippen molar-refractivity contribution >= 4 is 33.1 Å². The monoisotopic (exact) mass is 348 g/mol. The van der Waals surface area contributed by atoms with Crippen molar-refractivity contribution in [3.05, 3.63) is 45.6 Å². The van der Waals surface area contributed by atoms with Gasteiger partial charge in [-0.3, -0.25) is 20.2 Å². The summed E-state index contributed by atoms with van der Waals surface area (Å²) in [5.74, 6) is -0.327. The molecule has 0 saturated carbocycles. The molecule has 8 nitrogen and oxygen atoms in total. The van der Waals surface area contributed by atoms with Crippen LogP contribution >= 0.6 is 11.3 Å². The minimum absolute atomic E-state index is 0.107. The summed E-state index contributed by atoms with van der Waals surface area (Å²) in [6.45, 7) is 4.79. The molecule has 0 unspecified atom stereocenters. The summed E-state index contributed by atoms with van der Waals surface area (Å²) >= 11 is 0.833. The number of benzene rings is 1. The average Bonchev–Trinajstić information content (AvgIpc) is 3.04. The van der Waals surface area contributed by atoms with Crippen LogP contribution in [-0.4, -0.2) is 42.1 Å². The number of nitrogens with one attached hydrogen (secondary N) is 1. The third-order valence-corrected chi connectivity index (χ3v) is 4.66. The molecule has 2 heterocycles. The maximum atomic E-state index is 12.5. The average molecular weight is 348 g/mol. The number of anilines is 2. The molecule has 0 radical (unpaired) electrons. The lowest BCUT2D eigenvalue weighted by Crippen LogP contribution is -2.36. The van der Waals surface area contributed by atoms with Gasteiger partial charge in [0.2, 0.25) is 0 Å². The number of carbonyl (C=O) groups is 1. The van der Waals surface area contributed by atoms with Gasteiger partial charge in [-0.05, 0) is 36.0 Å². The Kier molecular flexibility index (Phi) is 4.72. The van der Waals surface area contributed by atoms with Crippen LogP contribution in [0.4, 0.5) is 15.8 Å². The highest BCUT2D eigenvalue weighted by molar-refractivity contribution is 7.18. The molecule has 24 heavy (non-hydrogen) atoms. The molecule has 126 valence electrons. The van der Waals surface area contributed by atoms with Crippen LogP contribution in [0.2, 0.25) is 0 Å². The number of aromatic nitrogens is 1. The van der Waals surface area contributed by atoms with Crippen molar-refractivity contribution in [1.82, 2.24) is 4.98 Å². The van der Waals surface area contributed by atoms with Crippen LogP contribution in [0.25, 0.3) is 0 Å². The number of nitro groups is 1. The number of hydrogen-bond donors (Lipinski definition) is 1. The number of nitrogens with zero attached hydrogens (tertiary/aromatic N) is 3. The van der Waals surface area contributed by atoms with Crippen LogP contribution in [0.15, 0.2) is 24.4 Å². The second-order valence-electron chi connectivity index (χ2n) is 5.26. The first-order valence-electron chi connectivity index (χ1n) is 7.40. The highest BCUT2D eigenvalue weighted by Gasteiger charge is 2.19. The Morgan fingerprint density at radius 2 is 2.17 bits per heavy atom. The molecule has 1 saturated heterocycles. The van der Waals surface area contributed by atoms with E-state index >= 15 is 0 Å². The number of amides is 1. The zero-order valence-electron chi connectivity index (χ0n) is 13.0. The van der Waals surface area contributed by atoms with Crippen LogP contribution in [0.3, 0.4) is 0 Å². The normalized spacial score (nSPS) is 14.5. The first kappa shape index (κ1) is 16.3. The van der Waals surface area contributed by atoms with Gasteiger partial charge in [0.25, 0.3) is 5.91 Å². The second kappa shape index (κ2) is 6.93. The highest BCUT2D eigenvalue weighted by atomic mass is 32.1. The van der Waals surface area contributed by atoms with Crippen LogP contribution < -0.4 is 10.2 Å². The van der Waals surface area contributed by atoms with E-state index in [4.69, 9.17) is 4.74 Å². The standard InChI is InChI=1S/C15H16N4O4S/c1-10-11(3-2-4-12(10)18-5-7-23-8-6-18)14(20)17-15-16-9-13(24-15)19(21)22/h2-4,9H,5-8H2,1H3,(H,16,17,20). The molecule has 1 aliphatic heterocycles. The summed E-state index contributed by atoms with van der Waals surface area (Å²) in [5, 5.41) is 13.4.